The highest BCUT2D eigenvalue weighted by Gasteiger charge is 2.27. The molecule has 0 aromatic heterocycles. The lowest BCUT2D eigenvalue weighted by molar-refractivity contribution is -0.114. The Bertz CT molecular complexity index is 1270. The first-order valence-electron chi connectivity index (χ1n) is 9.95. The fraction of sp³-hybridized carbons (Fsp3) is 0.167. The topological polar surface area (TPSA) is 92.8 Å². The van der Waals surface area contributed by atoms with Crippen LogP contribution >= 0.6 is 15.9 Å². The second-order valence-electron chi connectivity index (χ2n) is 7.37. The number of nitrogens with one attached hydrogen (secondary N) is 1. The molecular weight excluding hydrogens is 508 g/mol. The Kier molecular flexibility index (Phi) is 7.55. The van der Waals surface area contributed by atoms with Gasteiger partial charge >= 0.3 is 5.97 Å². The zero-order valence-electron chi connectivity index (χ0n) is 18.3. The normalized spacial score (nSPS) is 11.0. The van der Waals surface area contributed by atoms with Gasteiger partial charge in [-0.25, -0.2) is 13.2 Å². The van der Waals surface area contributed by atoms with Crippen molar-refractivity contribution in [1.29, 1.82) is 0 Å². The van der Waals surface area contributed by atoms with E-state index in [1.165, 1.54) is 25.3 Å². The summed E-state index contributed by atoms with van der Waals surface area (Å²) in [5.74, 6) is -1.09. The molecule has 3 rings (SSSR count). The van der Waals surface area contributed by atoms with Gasteiger partial charge < -0.3 is 10.1 Å². The fourth-order valence-corrected chi connectivity index (χ4v) is 4.77. The Labute approximate surface area is 201 Å². The van der Waals surface area contributed by atoms with Crippen molar-refractivity contribution in [1.82, 2.24) is 0 Å². The monoisotopic (exact) mass is 530 g/mol. The van der Waals surface area contributed by atoms with E-state index in [1.54, 1.807) is 55.5 Å². The standard InChI is InChI=1S/C24H23BrN2O5S/c1-16-4-12-21(13-5-16)33(30,31)27(20-10-8-19(25)9-11-20)15-23(28)26-22-14-18(24(29)32-3)7-6-17(22)2/h4-14H,15H2,1-3H3,(H,26,28). The number of benzene rings is 3. The van der Waals surface area contributed by atoms with Crippen molar-refractivity contribution in [3.05, 3.63) is 87.9 Å². The summed E-state index contributed by atoms with van der Waals surface area (Å²) in [6.45, 7) is 3.17. The lowest BCUT2D eigenvalue weighted by Crippen LogP contribution is -2.38. The zero-order chi connectivity index (χ0) is 24.2. The Balaban J connectivity index is 1.94. The zero-order valence-corrected chi connectivity index (χ0v) is 20.7. The van der Waals surface area contributed by atoms with Crippen molar-refractivity contribution >= 4 is 49.2 Å². The van der Waals surface area contributed by atoms with Gasteiger partial charge in [0.15, 0.2) is 0 Å². The quantitative estimate of drug-likeness (QED) is 0.447. The van der Waals surface area contributed by atoms with Crippen LogP contribution in [0.15, 0.2) is 76.1 Å². The van der Waals surface area contributed by atoms with Crippen molar-refractivity contribution in [3.63, 3.8) is 0 Å². The minimum atomic E-state index is -4.02. The van der Waals surface area contributed by atoms with E-state index >= 15 is 0 Å². The van der Waals surface area contributed by atoms with Gasteiger partial charge in [-0.3, -0.25) is 9.10 Å². The van der Waals surface area contributed by atoms with Crippen LogP contribution in [0.3, 0.4) is 0 Å². The third kappa shape index (κ3) is 5.80. The number of esters is 1. The summed E-state index contributed by atoms with van der Waals surface area (Å²) < 4.78 is 33.4. The minimum Gasteiger partial charge on any atom is -0.465 e. The summed E-state index contributed by atoms with van der Waals surface area (Å²) in [5, 5.41) is 2.71. The molecule has 0 radical (unpaired) electrons. The van der Waals surface area contributed by atoms with Gasteiger partial charge in [-0.15, -0.1) is 0 Å². The number of sulfonamides is 1. The van der Waals surface area contributed by atoms with E-state index in [0.717, 1.165) is 14.3 Å². The van der Waals surface area contributed by atoms with Crippen LogP contribution in [0.2, 0.25) is 0 Å². The van der Waals surface area contributed by atoms with E-state index in [-0.39, 0.29) is 10.5 Å². The molecule has 1 amide bonds. The van der Waals surface area contributed by atoms with Crippen molar-refractivity contribution in [2.45, 2.75) is 18.7 Å². The number of nitrogens with zero attached hydrogens (tertiary/aromatic N) is 1. The molecule has 0 fully saturated rings. The number of halogens is 1. The van der Waals surface area contributed by atoms with E-state index in [9.17, 15) is 18.0 Å². The van der Waals surface area contributed by atoms with Crippen molar-refractivity contribution < 1.29 is 22.7 Å². The van der Waals surface area contributed by atoms with Crippen molar-refractivity contribution in [3.8, 4) is 0 Å². The molecule has 0 heterocycles. The first-order valence-corrected chi connectivity index (χ1v) is 12.2. The van der Waals surface area contributed by atoms with Gasteiger partial charge in [-0.1, -0.05) is 39.7 Å². The van der Waals surface area contributed by atoms with E-state index in [4.69, 9.17) is 4.74 Å². The summed E-state index contributed by atoms with van der Waals surface area (Å²) in [5.41, 5.74) is 2.64. The first-order chi connectivity index (χ1) is 15.6. The number of carbonyl (C=O) groups excluding carboxylic acids is 2. The molecule has 0 bridgehead atoms. The molecule has 3 aromatic carbocycles. The van der Waals surface area contributed by atoms with Crippen LogP contribution in [0.5, 0.6) is 0 Å². The molecule has 0 aliphatic rings. The maximum absolute atomic E-state index is 13.4. The summed E-state index contributed by atoms with van der Waals surface area (Å²) >= 11 is 3.34. The molecular formula is C24H23BrN2O5S. The van der Waals surface area contributed by atoms with E-state index in [1.807, 2.05) is 6.92 Å². The highest BCUT2D eigenvalue weighted by molar-refractivity contribution is 9.10. The summed E-state index contributed by atoms with van der Waals surface area (Å²) in [7, 11) is -2.75. The van der Waals surface area contributed by atoms with Gasteiger partial charge in [0.25, 0.3) is 10.0 Å². The lowest BCUT2D eigenvalue weighted by atomic mass is 10.1. The maximum Gasteiger partial charge on any atom is 0.337 e. The molecule has 33 heavy (non-hydrogen) atoms. The van der Waals surface area contributed by atoms with Crippen LogP contribution in [-0.2, 0) is 19.6 Å². The molecule has 0 saturated carbocycles. The van der Waals surface area contributed by atoms with Gasteiger partial charge in [0.2, 0.25) is 5.91 Å². The smallest absolute Gasteiger partial charge is 0.337 e. The lowest BCUT2D eigenvalue weighted by Gasteiger charge is -2.24. The molecule has 0 unspecified atom stereocenters. The van der Waals surface area contributed by atoms with Crippen LogP contribution in [0.4, 0.5) is 11.4 Å². The second kappa shape index (κ2) is 10.2. The van der Waals surface area contributed by atoms with Crippen LogP contribution in [0.25, 0.3) is 0 Å². The Morgan fingerprint density at radius 3 is 2.21 bits per heavy atom. The molecule has 9 heteroatoms. The van der Waals surface area contributed by atoms with Crippen LogP contribution in [0, 0.1) is 13.8 Å². The Morgan fingerprint density at radius 2 is 1.61 bits per heavy atom. The molecule has 172 valence electrons. The Morgan fingerprint density at radius 1 is 0.970 bits per heavy atom. The van der Waals surface area contributed by atoms with Crippen LogP contribution in [-0.4, -0.2) is 33.9 Å². The molecule has 0 atom stereocenters. The van der Waals surface area contributed by atoms with Crippen molar-refractivity contribution in [2.75, 3.05) is 23.3 Å². The van der Waals surface area contributed by atoms with Gasteiger partial charge in [-0.2, -0.15) is 0 Å². The number of methoxy groups -OCH3 is 1. The number of hydrogen-bond donors (Lipinski definition) is 1. The van der Waals surface area contributed by atoms with Crippen LogP contribution < -0.4 is 9.62 Å². The second-order valence-corrected chi connectivity index (χ2v) is 10.1. The number of carbonyl (C=O) groups is 2. The van der Waals surface area contributed by atoms with Gasteiger partial charge in [0.05, 0.1) is 23.3 Å². The molecule has 0 spiro atoms. The fourth-order valence-electron chi connectivity index (χ4n) is 3.08. The molecule has 0 aliphatic carbocycles. The average molecular weight is 531 g/mol. The average Bonchev–Trinajstić information content (AvgIpc) is 2.79. The number of hydrogen-bond acceptors (Lipinski definition) is 5. The first kappa shape index (κ1) is 24.5. The summed E-state index contributed by atoms with van der Waals surface area (Å²) in [4.78, 5) is 24.9. The van der Waals surface area contributed by atoms with E-state index in [0.29, 0.717) is 16.9 Å². The minimum absolute atomic E-state index is 0.0766. The van der Waals surface area contributed by atoms with Crippen molar-refractivity contribution in [2.24, 2.45) is 0 Å². The molecule has 0 aliphatic heterocycles. The third-order valence-electron chi connectivity index (χ3n) is 4.94. The number of amides is 1. The third-order valence-corrected chi connectivity index (χ3v) is 7.26. The summed E-state index contributed by atoms with van der Waals surface area (Å²) in [6.07, 6.45) is 0. The largest absolute Gasteiger partial charge is 0.465 e. The van der Waals surface area contributed by atoms with E-state index in [2.05, 4.69) is 21.2 Å². The molecule has 3 aromatic rings. The van der Waals surface area contributed by atoms with Gasteiger partial charge in [0, 0.05) is 10.2 Å². The predicted molar refractivity (Wildman–Crippen MR) is 131 cm³/mol. The molecule has 0 saturated heterocycles. The SMILES string of the molecule is COC(=O)c1ccc(C)c(NC(=O)CN(c2ccc(Br)cc2)S(=O)(=O)c2ccc(C)cc2)c1. The highest BCUT2D eigenvalue weighted by Crippen LogP contribution is 2.26. The maximum atomic E-state index is 13.4. The highest BCUT2D eigenvalue weighted by atomic mass is 79.9. The molecule has 7 nitrogen and oxygen atoms in total. The van der Waals surface area contributed by atoms with Crippen LogP contribution in [0.1, 0.15) is 21.5 Å². The summed E-state index contributed by atoms with van der Waals surface area (Å²) in [6, 6.07) is 17.8. The number of aryl methyl sites for hydroxylation is 2. The number of anilines is 2. The predicted octanol–water partition coefficient (Wildman–Crippen LogP) is 4.69. The number of rotatable bonds is 7. The van der Waals surface area contributed by atoms with E-state index < -0.39 is 28.4 Å². The Hall–Kier alpha value is -3.17. The van der Waals surface area contributed by atoms with Gasteiger partial charge in [0.1, 0.15) is 6.54 Å². The van der Waals surface area contributed by atoms with Gasteiger partial charge in [-0.05, 0) is 67.9 Å². The molecule has 1 N–H and O–H groups in total. The number of ether oxygens (including phenoxy) is 1.